The Morgan fingerprint density at radius 3 is 2.52 bits per heavy atom. The number of nitrogens with zero attached hydrogens (tertiary/aromatic N) is 1. The smallest absolute Gasteiger partial charge is 0.341 e. The predicted octanol–water partition coefficient (Wildman–Crippen LogP) is 4.21. The van der Waals surface area contributed by atoms with E-state index in [4.69, 9.17) is 14.3 Å². The summed E-state index contributed by atoms with van der Waals surface area (Å²) in [6.07, 6.45) is 0. The van der Waals surface area contributed by atoms with Gasteiger partial charge in [-0.05, 0) is 42.5 Å². The Hall–Kier alpha value is -4.13. The number of carboxylic acid groups (broad SMARTS) is 1. The van der Waals surface area contributed by atoms with Crippen LogP contribution in [0.4, 0.5) is 5.69 Å². The average Bonchev–Trinajstić information content (AvgIpc) is 3.17. The van der Waals surface area contributed by atoms with Crippen molar-refractivity contribution in [2.45, 2.75) is 0 Å². The first-order valence-corrected chi connectivity index (χ1v) is 8.81. The zero-order valence-corrected chi connectivity index (χ0v) is 15.2. The summed E-state index contributed by atoms with van der Waals surface area (Å²) in [5.74, 6) is -0.817. The summed E-state index contributed by atoms with van der Waals surface area (Å²) in [6.45, 7) is -0.511. The van der Waals surface area contributed by atoms with Crippen molar-refractivity contribution in [1.82, 2.24) is 4.98 Å². The molecule has 0 saturated heterocycles. The van der Waals surface area contributed by atoms with Gasteiger partial charge in [0.25, 0.3) is 5.91 Å². The van der Waals surface area contributed by atoms with Gasteiger partial charge in [-0.25, -0.2) is 9.78 Å². The van der Waals surface area contributed by atoms with Crippen LogP contribution in [0, 0.1) is 0 Å². The fraction of sp³-hybridized carbons (Fsp3) is 0.0455. The topological polar surface area (TPSA) is 102 Å². The molecule has 2 N–H and O–H groups in total. The zero-order valence-electron chi connectivity index (χ0n) is 15.2. The maximum atomic E-state index is 12.4. The molecule has 7 heteroatoms. The van der Waals surface area contributed by atoms with Crippen molar-refractivity contribution in [3.05, 3.63) is 78.4 Å². The highest BCUT2D eigenvalue weighted by atomic mass is 16.5. The Morgan fingerprint density at radius 1 is 1.00 bits per heavy atom. The van der Waals surface area contributed by atoms with Gasteiger partial charge in [-0.1, -0.05) is 30.3 Å². The second-order valence-corrected chi connectivity index (χ2v) is 6.20. The van der Waals surface area contributed by atoms with Gasteiger partial charge in [0.1, 0.15) is 11.3 Å². The lowest BCUT2D eigenvalue weighted by molar-refractivity contribution is -0.139. The number of oxazole rings is 1. The molecule has 144 valence electrons. The molecule has 0 saturated carbocycles. The number of hydrogen-bond donors (Lipinski definition) is 2. The molecule has 0 fully saturated rings. The molecule has 1 heterocycles. The van der Waals surface area contributed by atoms with E-state index in [2.05, 4.69) is 10.3 Å². The Balaban J connectivity index is 1.70. The molecule has 29 heavy (non-hydrogen) atoms. The van der Waals surface area contributed by atoms with Crippen LogP contribution in [-0.2, 0) is 4.79 Å². The number of carbonyl (C=O) groups excluding carboxylic acids is 1. The second-order valence-electron chi connectivity index (χ2n) is 6.20. The third kappa shape index (κ3) is 4.08. The van der Waals surface area contributed by atoms with Crippen molar-refractivity contribution in [3.63, 3.8) is 0 Å². The average molecular weight is 388 g/mol. The molecule has 1 aromatic heterocycles. The van der Waals surface area contributed by atoms with Gasteiger partial charge in [0, 0.05) is 11.3 Å². The first-order valence-electron chi connectivity index (χ1n) is 8.81. The molecule has 0 atom stereocenters. The summed E-state index contributed by atoms with van der Waals surface area (Å²) in [7, 11) is 0. The van der Waals surface area contributed by atoms with Crippen molar-refractivity contribution >= 4 is 28.7 Å². The van der Waals surface area contributed by atoms with Crippen LogP contribution in [0.2, 0.25) is 0 Å². The highest BCUT2D eigenvalue weighted by molar-refractivity contribution is 6.04. The molecule has 0 aliphatic heterocycles. The van der Waals surface area contributed by atoms with Gasteiger partial charge in [-0.15, -0.1) is 0 Å². The minimum absolute atomic E-state index is 0.266. The van der Waals surface area contributed by atoms with Crippen LogP contribution in [0.15, 0.2) is 77.2 Å². The molecule has 0 bridgehead atoms. The van der Waals surface area contributed by atoms with Crippen LogP contribution in [0.3, 0.4) is 0 Å². The SMILES string of the molecule is O=C(O)COc1ccc(NC(=O)c2ccccc2)cc1-c1nc2ccccc2o1. The van der Waals surface area contributed by atoms with Crippen LogP contribution in [-0.4, -0.2) is 28.6 Å². The molecule has 7 nitrogen and oxygen atoms in total. The summed E-state index contributed by atoms with van der Waals surface area (Å²) in [6, 6.07) is 20.9. The molecule has 0 radical (unpaired) electrons. The van der Waals surface area contributed by atoms with Gasteiger partial charge in [0.2, 0.25) is 5.89 Å². The Bertz CT molecular complexity index is 1150. The number of benzene rings is 3. The van der Waals surface area contributed by atoms with Crippen LogP contribution in [0.25, 0.3) is 22.6 Å². The predicted molar refractivity (Wildman–Crippen MR) is 107 cm³/mol. The third-order valence-corrected chi connectivity index (χ3v) is 4.15. The summed E-state index contributed by atoms with van der Waals surface area (Å²) in [5, 5.41) is 11.7. The number of carboxylic acids is 1. The zero-order chi connectivity index (χ0) is 20.2. The van der Waals surface area contributed by atoms with Crippen LogP contribution in [0.5, 0.6) is 5.75 Å². The van der Waals surface area contributed by atoms with Gasteiger partial charge in [0.15, 0.2) is 12.2 Å². The third-order valence-electron chi connectivity index (χ3n) is 4.15. The Kier molecular flexibility index (Phi) is 4.94. The Morgan fingerprint density at radius 2 is 1.76 bits per heavy atom. The van der Waals surface area contributed by atoms with Crippen molar-refractivity contribution in [2.75, 3.05) is 11.9 Å². The Labute approximate surface area is 165 Å². The summed E-state index contributed by atoms with van der Waals surface area (Å²) < 4.78 is 11.2. The van der Waals surface area contributed by atoms with E-state index in [-0.39, 0.29) is 17.5 Å². The van der Waals surface area contributed by atoms with Crippen LogP contribution < -0.4 is 10.1 Å². The first kappa shape index (κ1) is 18.2. The van der Waals surface area contributed by atoms with E-state index in [1.165, 1.54) is 0 Å². The molecule has 1 amide bonds. The molecular weight excluding hydrogens is 372 g/mol. The lowest BCUT2D eigenvalue weighted by Crippen LogP contribution is -2.12. The molecule has 0 unspecified atom stereocenters. The van der Waals surface area contributed by atoms with Crippen molar-refractivity contribution in [3.8, 4) is 17.2 Å². The van der Waals surface area contributed by atoms with Gasteiger partial charge >= 0.3 is 5.97 Å². The number of amides is 1. The minimum atomic E-state index is -1.10. The molecule has 0 aliphatic carbocycles. The highest BCUT2D eigenvalue weighted by Gasteiger charge is 2.16. The number of hydrogen-bond acceptors (Lipinski definition) is 5. The van der Waals surface area contributed by atoms with Crippen LogP contribution >= 0.6 is 0 Å². The van der Waals surface area contributed by atoms with Gasteiger partial charge < -0.3 is 19.6 Å². The maximum Gasteiger partial charge on any atom is 0.341 e. The van der Waals surface area contributed by atoms with E-state index in [0.717, 1.165) is 0 Å². The van der Waals surface area contributed by atoms with Crippen molar-refractivity contribution in [2.24, 2.45) is 0 Å². The number of ether oxygens (including phenoxy) is 1. The lowest BCUT2D eigenvalue weighted by Gasteiger charge is -2.11. The number of anilines is 1. The largest absolute Gasteiger partial charge is 0.481 e. The number of rotatable bonds is 6. The van der Waals surface area contributed by atoms with Gasteiger partial charge in [0.05, 0.1) is 5.56 Å². The monoisotopic (exact) mass is 388 g/mol. The number of para-hydroxylation sites is 2. The maximum absolute atomic E-state index is 12.4. The van der Waals surface area contributed by atoms with Crippen molar-refractivity contribution < 1.29 is 23.8 Å². The summed E-state index contributed by atoms with van der Waals surface area (Å²) in [4.78, 5) is 27.8. The fourth-order valence-corrected chi connectivity index (χ4v) is 2.82. The highest BCUT2D eigenvalue weighted by Crippen LogP contribution is 2.34. The van der Waals surface area contributed by atoms with E-state index in [0.29, 0.717) is 27.9 Å². The van der Waals surface area contributed by atoms with Crippen LogP contribution in [0.1, 0.15) is 10.4 Å². The molecule has 0 spiro atoms. The number of carbonyl (C=O) groups is 2. The van der Waals surface area contributed by atoms with E-state index >= 15 is 0 Å². The minimum Gasteiger partial charge on any atom is -0.481 e. The van der Waals surface area contributed by atoms with Gasteiger partial charge in [-0.3, -0.25) is 4.79 Å². The molecule has 0 aliphatic rings. The van der Waals surface area contributed by atoms with E-state index in [1.807, 2.05) is 18.2 Å². The van der Waals surface area contributed by atoms with Crippen molar-refractivity contribution in [1.29, 1.82) is 0 Å². The number of nitrogens with one attached hydrogen (secondary N) is 1. The van der Waals surface area contributed by atoms with E-state index < -0.39 is 12.6 Å². The van der Waals surface area contributed by atoms with E-state index in [1.54, 1.807) is 54.6 Å². The standard InChI is InChI=1S/C22H16N2O5/c25-20(26)13-28-18-11-10-15(23-21(27)14-6-2-1-3-7-14)12-16(18)22-24-17-8-4-5-9-19(17)29-22/h1-12H,13H2,(H,23,27)(H,25,26). The second kappa shape index (κ2) is 7.85. The molecule has 3 aromatic carbocycles. The summed E-state index contributed by atoms with van der Waals surface area (Å²) in [5.41, 5.74) is 2.70. The number of aromatic nitrogens is 1. The van der Waals surface area contributed by atoms with Gasteiger partial charge in [-0.2, -0.15) is 0 Å². The fourth-order valence-electron chi connectivity index (χ4n) is 2.82. The normalized spacial score (nSPS) is 10.6. The summed E-state index contributed by atoms with van der Waals surface area (Å²) >= 11 is 0. The molecule has 4 rings (SSSR count). The number of fused-ring (bicyclic) bond motifs is 1. The van der Waals surface area contributed by atoms with E-state index in [9.17, 15) is 9.59 Å². The quantitative estimate of drug-likeness (QED) is 0.513. The molecular formula is C22H16N2O5. The first-order chi connectivity index (χ1) is 14.1. The lowest BCUT2D eigenvalue weighted by atomic mass is 10.1. The number of aliphatic carboxylic acids is 1. The molecule has 4 aromatic rings.